The summed E-state index contributed by atoms with van der Waals surface area (Å²) in [6.07, 6.45) is 0.321. The van der Waals surface area contributed by atoms with Gasteiger partial charge in [0.2, 0.25) is 0 Å². The van der Waals surface area contributed by atoms with E-state index in [9.17, 15) is 18.0 Å². The van der Waals surface area contributed by atoms with E-state index in [2.05, 4.69) is 20.5 Å². The molecule has 2 unspecified atom stereocenters. The molecule has 0 spiro atoms. The maximum absolute atomic E-state index is 13.0. The lowest BCUT2D eigenvalue weighted by atomic mass is 9.93. The van der Waals surface area contributed by atoms with Crippen LogP contribution in [0.1, 0.15) is 39.0 Å². The minimum atomic E-state index is -3.92. The third kappa shape index (κ3) is 5.75. The number of para-hydroxylation sites is 1. The first-order valence-corrected chi connectivity index (χ1v) is 14.2. The fraction of sp³-hybridized carbons (Fsp3) is 0.280. The van der Waals surface area contributed by atoms with E-state index in [1.807, 2.05) is 37.3 Å². The van der Waals surface area contributed by atoms with Crippen LogP contribution in [0.2, 0.25) is 0 Å². The molecule has 5 rings (SSSR count). The summed E-state index contributed by atoms with van der Waals surface area (Å²) in [5, 5.41) is 16.1. The minimum absolute atomic E-state index is 0.0144. The van der Waals surface area contributed by atoms with E-state index in [4.69, 9.17) is 9.88 Å². The van der Waals surface area contributed by atoms with Crippen molar-refractivity contribution < 1.29 is 17.9 Å². The summed E-state index contributed by atoms with van der Waals surface area (Å²) < 4.78 is 30.9. The Bertz CT molecular complexity index is 1630. The van der Waals surface area contributed by atoms with Crippen LogP contribution in [0.25, 0.3) is 10.9 Å². The van der Waals surface area contributed by atoms with Crippen LogP contribution in [0.5, 0.6) is 5.75 Å². The maximum Gasteiger partial charge on any atom is 0.322 e. The van der Waals surface area contributed by atoms with E-state index in [0.717, 1.165) is 37.8 Å². The molecular formula is C25H26N6O5S2. The van der Waals surface area contributed by atoms with Crippen LogP contribution in [-0.4, -0.2) is 52.9 Å². The van der Waals surface area contributed by atoms with E-state index in [1.165, 1.54) is 0 Å². The fourth-order valence-corrected chi connectivity index (χ4v) is 6.10. The number of nitrogens with zero attached hydrogens (tertiary/aromatic N) is 3. The first-order valence-electron chi connectivity index (χ1n) is 11.9. The molecule has 1 aliphatic heterocycles. The second-order valence-electron chi connectivity index (χ2n) is 9.08. The van der Waals surface area contributed by atoms with Crippen molar-refractivity contribution in [3.63, 3.8) is 0 Å². The van der Waals surface area contributed by atoms with Crippen molar-refractivity contribution in [2.75, 3.05) is 13.1 Å². The molecule has 2 aromatic heterocycles. The molecule has 1 amide bonds. The lowest BCUT2D eigenvalue weighted by Gasteiger charge is -2.36. The van der Waals surface area contributed by atoms with E-state index >= 15 is 0 Å². The first-order chi connectivity index (χ1) is 18.2. The van der Waals surface area contributed by atoms with Crippen molar-refractivity contribution in [3.05, 3.63) is 86.1 Å². The predicted octanol–water partition coefficient (Wildman–Crippen LogP) is 2.06. The number of aryl methyl sites for hydroxylation is 1. The van der Waals surface area contributed by atoms with E-state index < -0.39 is 22.2 Å². The molecule has 0 saturated carbocycles. The van der Waals surface area contributed by atoms with Gasteiger partial charge >= 0.3 is 4.87 Å². The number of carbonyl (C=O) groups excluding carboxylic acids is 1. The number of carbonyl (C=O) groups is 1. The molecule has 0 aliphatic carbocycles. The topological polar surface area (TPSA) is 160 Å². The number of piperidine rings is 1. The van der Waals surface area contributed by atoms with Crippen LogP contribution in [-0.2, 0) is 16.8 Å². The molecule has 11 nitrogen and oxygen atoms in total. The highest BCUT2D eigenvalue weighted by Gasteiger charge is 2.37. The molecule has 38 heavy (non-hydrogen) atoms. The van der Waals surface area contributed by atoms with Gasteiger partial charge in [-0.3, -0.25) is 14.6 Å². The van der Waals surface area contributed by atoms with E-state index in [-0.39, 0.29) is 23.9 Å². The summed E-state index contributed by atoms with van der Waals surface area (Å²) in [5.74, 6) is -0.230. The molecule has 4 N–H and O–H groups in total. The average molecular weight is 555 g/mol. The third-order valence-electron chi connectivity index (χ3n) is 6.46. The lowest BCUT2D eigenvalue weighted by Crippen LogP contribution is -2.52. The highest BCUT2D eigenvalue weighted by Crippen LogP contribution is 2.29. The maximum atomic E-state index is 13.0. The minimum Gasteiger partial charge on any atom is -0.489 e. The average Bonchev–Trinajstić information content (AvgIpc) is 3.33. The van der Waals surface area contributed by atoms with Gasteiger partial charge in [-0.25, -0.2) is 10.2 Å². The van der Waals surface area contributed by atoms with Crippen LogP contribution < -0.4 is 20.1 Å². The van der Waals surface area contributed by atoms with Crippen molar-refractivity contribution in [2.24, 2.45) is 5.14 Å². The van der Waals surface area contributed by atoms with Crippen LogP contribution in [0.3, 0.4) is 0 Å². The number of fused-ring (bicyclic) bond motifs is 1. The van der Waals surface area contributed by atoms with Gasteiger partial charge in [-0.2, -0.15) is 17.8 Å². The molecule has 1 aliphatic rings. The van der Waals surface area contributed by atoms with Gasteiger partial charge in [0.05, 0.1) is 5.52 Å². The van der Waals surface area contributed by atoms with Gasteiger partial charge in [0, 0.05) is 47.3 Å². The van der Waals surface area contributed by atoms with Gasteiger partial charge in [-0.1, -0.05) is 29.5 Å². The molecule has 0 radical (unpaired) electrons. The number of amides is 1. The second-order valence-corrected chi connectivity index (χ2v) is 11.6. The zero-order valence-electron chi connectivity index (χ0n) is 20.5. The molecule has 4 aromatic rings. The Morgan fingerprint density at radius 1 is 1.24 bits per heavy atom. The normalized spacial score (nSPS) is 18.4. The van der Waals surface area contributed by atoms with Gasteiger partial charge in [0.25, 0.3) is 16.1 Å². The van der Waals surface area contributed by atoms with Gasteiger partial charge in [0.1, 0.15) is 17.4 Å². The van der Waals surface area contributed by atoms with Gasteiger partial charge in [-0.05, 0) is 49.7 Å². The number of H-pyrrole nitrogens is 1. The monoisotopic (exact) mass is 554 g/mol. The van der Waals surface area contributed by atoms with Crippen LogP contribution in [0.4, 0.5) is 0 Å². The quantitative estimate of drug-likeness (QED) is 0.315. The number of nitrogens with two attached hydrogens (primary N) is 1. The third-order valence-corrected chi connectivity index (χ3v) is 8.40. The van der Waals surface area contributed by atoms with Gasteiger partial charge in [0.15, 0.2) is 0 Å². The Morgan fingerprint density at radius 2 is 2.00 bits per heavy atom. The van der Waals surface area contributed by atoms with Crippen LogP contribution in [0.15, 0.2) is 59.4 Å². The van der Waals surface area contributed by atoms with Gasteiger partial charge in [-0.15, -0.1) is 0 Å². The molecule has 0 bridgehead atoms. The summed E-state index contributed by atoms with van der Waals surface area (Å²) >= 11 is 0.884. The summed E-state index contributed by atoms with van der Waals surface area (Å²) in [6, 6.07) is 16.3. The largest absolute Gasteiger partial charge is 0.489 e. The predicted molar refractivity (Wildman–Crippen MR) is 143 cm³/mol. The number of ether oxygens (including phenoxy) is 1. The smallest absolute Gasteiger partial charge is 0.322 e. The highest BCUT2D eigenvalue weighted by atomic mass is 32.2. The van der Waals surface area contributed by atoms with Crippen LogP contribution >= 0.6 is 11.3 Å². The van der Waals surface area contributed by atoms with Crippen molar-refractivity contribution in [1.82, 2.24) is 24.8 Å². The van der Waals surface area contributed by atoms with Crippen molar-refractivity contribution in [2.45, 2.75) is 31.9 Å². The van der Waals surface area contributed by atoms with E-state index in [1.54, 1.807) is 24.3 Å². The fourth-order valence-electron chi connectivity index (χ4n) is 4.61. The highest BCUT2D eigenvalue weighted by molar-refractivity contribution is 7.86. The Morgan fingerprint density at radius 3 is 2.71 bits per heavy atom. The second kappa shape index (κ2) is 10.6. The molecule has 1 fully saturated rings. The van der Waals surface area contributed by atoms with Crippen molar-refractivity contribution in [3.8, 4) is 5.75 Å². The standard InChI is InChI=1S/C25H26N6O5S2/c1-15-12-17(19-4-2-3-5-21(19)27-15)14-36-18-8-6-16(7-9-18)23(32)28-22-10-11-31(38(26,34)35)13-20(22)24-29-30-25(33)37-24/h2-9,12,20,22H,10-11,13-14H2,1H3,(H,28,32)(H,30,33)(H2,26,34,35). The zero-order chi connectivity index (χ0) is 26.9. The Kier molecular flexibility index (Phi) is 7.25. The van der Waals surface area contributed by atoms with Crippen molar-refractivity contribution in [1.29, 1.82) is 0 Å². The molecule has 13 heteroatoms. The number of hydrogen-bond acceptors (Lipinski definition) is 8. The molecule has 2 aromatic carbocycles. The van der Waals surface area contributed by atoms with E-state index in [0.29, 0.717) is 29.3 Å². The number of aromatic nitrogens is 3. The number of nitrogens with one attached hydrogen (secondary N) is 2. The summed E-state index contributed by atoms with van der Waals surface area (Å²) in [7, 11) is -3.92. The first kappa shape index (κ1) is 26.0. The number of rotatable bonds is 7. The molecule has 2 atom stereocenters. The molecule has 198 valence electrons. The van der Waals surface area contributed by atoms with Crippen molar-refractivity contribution >= 4 is 38.4 Å². The molecular weight excluding hydrogens is 528 g/mol. The van der Waals surface area contributed by atoms with Crippen LogP contribution in [0, 0.1) is 6.92 Å². The summed E-state index contributed by atoms with van der Waals surface area (Å²) in [5.41, 5.74) is 3.26. The number of hydrogen-bond donors (Lipinski definition) is 3. The number of benzene rings is 2. The van der Waals surface area contributed by atoms with Gasteiger partial charge < -0.3 is 10.1 Å². The SMILES string of the molecule is Cc1cc(COc2ccc(C(=O)NC3CCN(S(N)(=O)=O)CC3c3n[nH]c(=O)s3)cc2)c2ccccc2n1. The Balaban J connectivity index is 1.26. The number of pyridine rings is 1. The summed E-state index contributed by atoms with van der Waals surface area (Å²) in [6.45, 7) is 2.46. The Labute approximate surface area is 222 Å². The number of aromatic amines is 1. The lowest BCUT2D eigenvalue weighted by molar-refractivity contribution is 0.0915. The zero-order valence-corrected chi connectivity index (χ0v) is 22.1. The summed E-state index contributed by atoms with van der Waals surface area (Å²) in [4.78, 5) is 28.9. The molecule has 1 saturated heterocycles. The Hall–Kier alpha value is -3.65. The molecule has 3 heterocycles.